The summed E-state index contributed by atoms with van der Waals surface area (Å²) in [5, 5.41) is 0. The van der Waals surface area contributed by atoms with Crippen molar-refractivity contribution in [2.75, 3.05) is 26.2 Å². The second kappa shape index (κ2) is 15.8. The van der Waals surface area contributed by atoms with E-state index in [9.17, 15) is 0 Å². The minimum Gasteiger partial charge on any atom is -0.288 e. The molecule has 0 aromatic rings. The van der Waals surface area contributed by atoms with Crippen LogP contribution in [0, 0.1) is 0 Å². The molecule has 0 atom stereocenters. The predicted octanol–water partition coefficient (Wildman–Crippen LogP) is 4.46. The Morgan fingerprint density at radius 3 is 1.64 bits per heavy atom. The van der Waals surface area contributed by atoms with Crippen molar-refractivity contribution >= 4 is 9.52 Å². The van der Waals surface area contributed by atoms with E-state index in [1.807, 2.05) is 0 Å². The van der Waals surface area contributed by atoms with Gasteiger partial charge in [-0.3, -0.25) is 9.80 Å². The van der Waals surface area contributed by atoms with E-state index in [4.69, 9.17) is 0 Å². The first kappa shape index (κ1) is 21.9. The van der Waals surface area contributed by atoms with Gasteiger partial charge in [-0.05, 0) is 65.2 Å². The van der Waals surface area contributed by atoms with Crippen LogP contribution < -0.4 is 0 Å². The van der Waals surface area contributed by atoms with Crippen molar-refractivity contribution < 1.29 is 0 Å². The molecule has 0 radical (unpaired) electrons. The van der Waals surface area contributed by atoms with Crippen LogP contribution in [0.15, 0.2) is 11.8 Å². The van der Waals surface area contributed by atoms with Crippen LogP contribution in [0.4, 0.5) is 0 Å². The summed E-state index contributed by atoms with van der Waals surface area (Å²) in [5.41, 5.74) is 2.45. The van der Waals surface area contributed by atoms with Gasteiger partial charge in [-0.1, -0.05) is 46.2 Å². The summed E-state index contributed by atoms with van der Waals surface area (Å²) in [5.74, 6) is 0. The quantitative estimate of drug-likeness (QED) is 0.249. The Hall–Kier alpha value is -0.123. The molecule has 0 N–H and O–H groups in total. The zero-order chi connectivity index (χ0) is 16.6. The minimum atomic E-state index is 0.0556. The van der Waals surface area contributed by atoms with Crippen molar-refractivity contribution in [1.82, 2.24) is 9.80 Å². The zero-order valence-electron chi connectivity index (χ0n) is 16.1. The highest BCUT2D eigenvalue weighted by atomic mass is 28.2. The Bertz CT molecular complexity index is 228. The molecule has 0 fully saturated rings. The van der Waals surface area contributed by atoms with Crippen molar-refractivity contribution in [1.29, 1.82) is 0 Å². The molecule has 0 amide bonds. The summed E-state index contributed by atoms with van der Waals surface area (Å²) in [4.78, 5) is 5.53. The molecule has 132 valence electrons. The highest BCUT2D eigenvalue weighted by molar-refractivity contribution is 6.41. The van der Waals surface area contributed by atoms with Gasteiger partial charge in [0.05, 0.1) is 6.17 Å². The number of nitrogens with zero attached hydrogens (tertiary/aromatic N) is 2. The van der Waals surface area contributed by atoms with E-state index in [1.54, 1.807) is 0 Å². The van der Waals surface area contributed by atoms with Gasteiger partial charge in [-0.2, -0.15) is 0 Å². The van der Waals surface area contributed by atoms with E-state index in [1.165, 1.54) is 70.7 Å². The molecule has 0 bridgehead atoms. The number of rotatable bonds is 15. The van der Waals surface area contributed by atoms with E-state index in [2.05, 4.69) is 56.2 Å². The molecule has 22 heavy (non-hydrogen) atoms. The Morgan fingerprint density at radius 1 is 0.818 bits per heavy atom. The van der Waals surface area contributed by atoms with Crippen LogP contribution in [-0.4, -0.2) is 51.7 Å². The van der Waals surface area contributed by atoms with Gasteiger partial charge in [-0.15, -0.1) is 5.70 Å². The number of hydrogen-bond donors (Lipinski definition) is 0. The smallest absolute Gasteiger partial charge is 0.0622 e. The maximum atomic E-state index is 2.77. The first-order valence-electron chi connectivity index (χ1n) is 9.84. The average molecular weight is 327 g/mol. The molecule has 2 nitrogen and oxygen atoms in total. The molecule has 0 aliphatic carbocycles. The molecule has 0 aliphatic heterocycles. The van der Waals surface area contributed by atoms with Gasteiger partial charge >= 0.3 is 0 Å². The first-order valence-corrected chi connectivity index (χ1v) is 11.7. The Kier molecular flexibility index (Phi) is 15.7. The third-order valence-electron chi connectivity index (χ3n) is 4.21. The van der Waals surface area contributed by atoms with E-state index in [-0.39, 0.29) is 9.52 Å². The SMILES string of the molecule is CC=C[SiH2]CCCC(N(CCC)CCC)N(CCC)CCC. The molecule has 0 aliphatic rings. The highest BCUT2D eigenvalue weighted by Gasteiger charge is 2.22. The van der Waals surface area contributed by atoms with Gasteiger partial charge in [-0.25, -0.2) is 0 Å². The zero-order valence-corrected chi connectivity index (χ0v) is 17.5. The molecule has 0 unspecified atom stereocenters. The molecule has 0 aromatic carbocycles. The lowest BCUT2D eigenvalue weighted by molar-refractivity contribution is 0.0343. The van der Waals surface area contributed by atoms with Gasteiger partial charge in [0.2, 0.25) is 0 Å². The van der Waals surface area contributed by atoms with Crippen molar-refractivity contribution in [3.63, 3.8) is 0 Å². The maximum Gasteiger partial charge on any atom is 0.0622 e. The minimum absolute atomic E-state index is 0.0556. The van der Waals surface area contributed by atoms with Crippen molar-refractivity contribution in [3.8, 4) is 0 Å². The van der Waals surface area contributed by atoms with Crippen LogP contribution in [0.25, 0.3) is 0 Å². The van der Waals surface area contributed by atoms with Gasteiger partial charge in [0.15, 0.2) is 0 Å². The molecule has 0 rings (SSSR count). The molecule has 0 saturated heterocycles. The fourth-order valence-corrected chi connectivity index (χ4v) is 4.47. The van der Waals surface area contributed by atoms with Crippen LogP contribution in [0.1, 0.15) is 73.1 Å². The van der Waals surface area contributed by atoms with E-state index in [0.29, 0.717) is 6.17 Å². The second-order valence-electron chi connectivity index (χ2n) is 6.41. The van der Waals surface area contributed by atoms with Crippen LogP contribution in [0.3, 0.4) is 0 Å². The summed E-state index contributed by atoms with van der Waals surface area (Å²) < 4.78 is 0. The van der Waals surface area contributed by atoms with Crippen LogP contribution >= 0.6 is 0 Å². The standard InChI is InChI=1S/C19H42N2Si/c1-6-13-20(14-7-2)19(12-11-18-22-17-10-5)21(15-8-3)16-9-4/h10,17,19H,6-9,11-16,18,22H2,1-5H3. The highest BCUT2D eigenvalue weighted by Crippen LogP contribution is 2.16. The van der Waals surface area contributed by atoms with Crippen LogP contribution in [-0.2, 0) is 0 Å². The molecule has 0 spiro atoms. The normalized spacial score (nSPS) is 12.9. The predicted molar refractivity (Wildman–Crippen MR) is 105 cm³/mol. The fourth-order valence-electron chi connectivity index (χ4n) is 3.32. The molecule has 0 aromatic heterocycles. The summed E-state index contributed by atoms with van der Waals surface area (Å²) >= 11 is 0. The molecule has 0 heterocycles. The Labute approximate surface area is 143 Å². The van der Waals surface area contributed by atoms with Gasteiger partial charge in [0.25, 0.3) is 0 Å². The third kappa shape index (κ3) is 9.81. The molecular formula is C19H42N2Si. The third-order valence-corrected chi connectivity index (χ3v) is 5.92. The summed E-state index contributed by atoms with van der Waals surface area (Å²) in [6, 6.07) is 1.47. The number of hydrogen-bond acceptors (Lipinski definition) is 2. The van der Waals surface area contributed by atoms with Gasteiger partial charge in [0.1, 0.15) is 0 Å². The van der Waals surface area contributed by atoms with Crippen LogP contribution in [0.2, 0.25) is 6.04 Å². The van der Waals surface area contributed by atoms with Crippen LogP contribution in [0.5, 0.6) is 0 Å². The molecule has 3 heteroatoms. The first-order chi connectivity index (χ1) is 10.7. The second-order valence-corrected chi connectivity index (χ2v) is 8.16. The largest absolute Gasteiger partial charge is 0.288 e. The van der Waals surface area contributed by atoms with E-state index in [0.717, 1.165) is 0 Å². The van der Waals surface area contributed by atoms with E-state index < -0.39 is 0 Å². The topological polar surface area (TPSA) is 6.48 Å². The maximum absolute atomic E-state index is 2.77. The lowest BCUT2D eigenvalue weighted by Crippen LogP contribution is -2.49. The molecule has 0 saturated carbocycles. The summed E-state index contributed by atoms with van der Waals surface area (Å²) in [6.45, 7) is 16.5. The van der Waals surface area contributed by atoms with Crippen molar-refractivity contribution in [3.05, 3.63) is 11.8 Å². The summed E-state index contributed by atoms with van der Waals surface area (Å²) in [7, 11) is 0.0556. The molecular weight excluding hydrogens is 284 g/mol. The Balaban J connectivity index is 4.74. The summed E-state index contributed by atoms with van der Waals surface area (Å²) in [6.07, 6.45) is 10.8. The van der Waals surface area contributed by atoms with Crippen molar-refractivity contribution in [2.45, 2.75) is 85.4 Å². The van der Waals surface area contributed by atoms with Gasteiger partial charge < -0.3 is 0 Å². The monoisotopic (exact) mass is 326 g/mol. The Morgan fingerprint density at radius 2 is 1.27 bits per heavy atom. The van der Waals surface area contributed by atoms with Crippen molar-refractivity contribution in [2.24, 2.45) is 0 Å². The average Bonchev–Trinajstić information content (AvgIpc) is 2.51. The van der Waals surface area contributed by atoms with E-state index >= 15 is 0 Å². The lowest BCUT2D eigenvalue weighted by Gasteiger charge is -2.40. The fraction of sp³-hybridized carbons (Fsp3) is 0.895. The number of allylic oxidation sites excluding steroid dienone is 1. The lowest BCUT2D eigenvalue weighted by atomic mass is 10.1. The van der Waals surface area contributed by atoms with Gasteiger partial charge in [0, 0.05) is 9.52 Å².